The fourth-order valence-electron chi connectivity index (χ4n) is 2.97. The van der Waals surface area contributed by atoms with Gasteiger partial charge >= 0.3 is 6.36 Å². The summed E-state index contributed by atoms with van der Waals surface area (Å²) < 4.78 is 41.7. The molecule has 3 rings (SSSR count). The van der Waals surface area contributed by atoms with Gasteiger partial charge in [0.25, 0.3) is 0 Å². The molecule has 2 N–H and O–H groups in total. The molecule has 30 heavy (non-hydrogen) atoms. The van der Waals surface area contributed by atoms with Crippen molar-refractivity contribution in [2.75, 3.05) is 25.0 Å². The average Bonchev–Trinajstić information content (AvgIpc) is 3.23. The van der Waals surface area contributed by atoms with Gasteiger partial charge in [0.2, 0.25) is 0 Å². The third-order valence-corrected chi connectivity index (χ3v) is 4.45. The molecular formula is C21H24F3IN4O. The smallest absolute Gasteiger partial charge is 0.405 e. The van der Waals surface area contributed by atoms with Gasteiger partial charge in [-0.15, -0.1) is 37.1 Å². The number of benzene rings is 2. The van der Waals surface area contributed by atoms with Crippen molar-refractivity contribution in [3.8, 4) is 5.75 Å². The third-order valence-electron chi connectivity index (χ3n) is 4.45. The van der Waals surface area contributed by atoms with Gasteiger partial charge in [0.15, 0.2) is 5.96 Å². The number of hydrogen-bond donors (Lipinski definition) is 2. The van der Waals surface area contributed by atoms with Crippen LogP contribution in [-0.2, 0) is 13.1 Å². The van der Waals surface area contributed by atoms with E-state index in [1.165, 1.54) is 17.8 Å². The second kappa shape index (κ2) is 11.1. The van der Waals surface area contributed by atoms with E-state index in [2.05, 4.69) is 49.5 Å². The van der Waals surface area contributed by atoms with Crippen molar-refractivity contribution in [3.63, 3.8) is 0 Å². The van der Waals surface area contributed by atoms with E-state index < -0.39 is 6.36 Å². The summed E-state index contributed by atoms with van der Waals surface area (Å²) >= 11 is 0. The zero-order valence-electron chi connectivity index (χ0n) is 16.4. The maximum atomic E-state index is 12.5. The van der Waals surface area contributed by atoms with Crippen molar-refractivity contribution in [1.29, 1.82) is 0 Å². The molecule has 0 aromatic heterocycles. The monoisotopic (exact) mass is 532 g/mol. The molecule has 0 saturated carbocycles. The van der Waals surface area contributed by atoms with E-state index in [0.29, 0.717) is 18.1 Å². The molecule has 0 saturated heterocycles. The number of nitrogens with zero attached hydrogens (tertiary/aromatic N) is 2. The normalized spacial score (nSPS) is 13.7. The van der Waals surface area contributed by atoms with Gasteiger partial charge in [-0.3, -0.25) is 4.99 Å². The van der Waals surface area contributed by atoms with Crippen molar-refractivity contribution in [3.05, 3.63) is 71.8 Å². The van der Waals surface area contributed by atoms with E-state index in [0.717, 1.165) is 18.7 Å². The summed E-state index contributed by atoms with van der Waals surface area (Å²) in [5.41, 5.74) is 2.63. The van der Waals surface area contributed by atoms with E-state index in [-0.39, 0.29) is 36.3 Å². The quantitative estimate of drug-likeness (QED) is 0.250. The van der Waals surface area contributed by atoms with Gasteiger partial charge in [0, 0.05) is 44.5 Å². The Morgan fingerprint density at radius 3 is 2.27 bits per heavy atom. The lowest BCUT2D eigenvalue weighted by Gasteiger charge is -2.18. The molecule has 0 atom stereocenters. The Balaban J connectivity index is 0.00000320. The number of aliphatic imine (C=N–C) groups is 1. The molecular weight excluding hydrogens is 508 g/mol. The van der Waals surface area contributed by atoms with E-state index in [1.54, 1.807) is 19.2 Å². The van der Waals surface area contributed by atoms with Gasteiger partial charge in [-0.1, -0.05) is 42.5 Å². The first kappa shape index (κ1) is 23.8. The Morgan fingerprint density at radius 1 is 1.00 bits per heavy atom. The van der Waals surface area contributed by atoms with Gasteiger partial charge in [0.05, 0.1) is 0 Å². The van der Waals surface area contributed by atoms with Crippen molar-refractivity contribution in [1.82, 2.24) is 10.6 Å². The molecule has 5 nitrogen and oxygen atoms in total. The minimum Gasteiger partial charge on any atom is -0.405 e. The van der Waals surface area contributed by atoms with Crippen molar-refractivity contribution in [2.45, 2.75) is 19.5 Å². The van der Waals surface area contributed by atoms with Crippen LogP contribution in [0, 0.1) is 0 Å². The van der Waals surface area contributed by atoms with Gasteiger partial charge in [-0.2, -0.15) is 0 Å². The molecule has 0 unspecified atom stereocenters. The number of para-hydroxylation sites is 1. The number of nitrogens with one attached hydrogen (secondary N) is 2. The van der Waals surface area contributed by atoms with Gasteiger partial charge < -0.3 is 20.3 Å². The van der Waals surface area contributed by atoms with Gasteiger partial charge in [-0.05, 0) is 23.8 Å². The van der Waals surface area contributed by atoms with Crippen LogP contribution in [0.3, 0.4) is 0 Å². The van der Waals surface area contributed by atoms with Crippen LogP contribution in [0.15, 0.2) is 65.7 Å². The third kappa shape index (κ3) is 7.12. The lowest BCUT2D eigenvalue weighted by Crippen LogP contribution is -2.36. The zero-order chi connectivity index (χ0) is 20.7. The van der Waals surface area contributed by atoms with Crippen LogP contribution >= 0.6 is 24.0 Å². The molecule has 0 fully saturated rings. The first-order valence-electron chi connectivity index (χ1n) is 9.21. The van der Waals surface area contributed by atoms with Crippen molar-refractivity contribution >= 4 is 35.6 Å². The van der Waals surface area contributed by atoms with Gasteiger partial charge in [0.1, 0.15) is 5.75 Å². The largest absolute Gasteiger partial charge is 0.573 e. The predicted molar refractivity (Wildman–Crippen MR) is 123 cm³/mol. The van der Waals surface area contributed by atoms with E-state index in [9.17, 15) is 13.2 Å². The molecule has 0 aliphatic carbocycles. The Hall–Kier alpha value is -2.43. The highest BCUT2D eigenvalue weighted by atomic mass is 127. The van der Waals surface area contributed by atoms with Crippen LogP contribution in [0.1, 0.15) is 11.1 Å². The Morgan fingerprint density at radius 2 is 1.63 bits per heavy atom. The van der Waals surface area contributed by atoms with Gasteiger partial charge in [-0.25, -0.2) is 0 Å². The molecule has 0 bridgehead atoms. The number of rotatable bonds is 6. The number of halogens is 4. The van der Waals surface area contributed by atoms with Crippen LogP contribution in [0.2, 0.25) is 0 Å². The van der Waals surface area contributed by atoms with E-state index in [4.69, 9.17) is 0 Å². The highest BCUT2D eigenvalue weighted by molar-refractivity contribution is 14.0. The number of hydrogen-bond acceptors (Lipinski definition) is 3. The summed E-state index contributed by atoms with van der Waals surface area (Å²) in [6.07, 6.45) is -0.445. The average molecular weight is 532 g/mol. The van der Waals surface area contributed by atoms with Crippen LogP contribution in [-0.4, -0.2) is 32.5 Å². The van der Waals surface area contributed by atoms with Crippen LogP contribution < -0.4 is 20.3 Å². The van der Waals surface area contributed by atoms with E-state index >= 15 is 0 Å². The summed E-state index contributed by atoms with van der Waals surface area (Å²) in [6.45, 7) is 2.53. The molecule has 162 valence electrons. The first-order chi connectivity index (χ1) is 13.9. The number of ether oxygens (including phenoxy) is 1. The first-order valence-corrected chi connectivity index (χ1v) is 9.21. The summed E-state index contributed by atoms with van der Waals surface area (Å²) in [6, 6.07) is 14.3. The summed E-state index contributed by atoms with van der Waals surface area (Å²) in [5, 5.41) is 6.18. The second-order valence-corrected chi connectivity index (χ2v) is 6.48. The van der Waals surface area contributed by atoms with Crippen LogP contribution in [0.5, 0.6) is 5.75 Å². The van der Waals surface area contributed by atoms with E-state index in [1.807, 2.05) is 12.1 Å². The molecule has 1 aliphatic heterocycles. The molecule has 9 heteroatoms. The van der Waals surface area contributed by atoms with Crippen molar-refractivity contribution < 1.29 is 17.9 Å². The molecule has 0 spiro atoms. The number of anilines is 1. The lowest BCUT2D eigenvalue weighted by atomic mass is 10.2. The topological polar surface area (TPSA) is 48.9 Å². The molecule has 2 aromatic carbocycles. The van der Waals surface area contributed by atoms with Crippen molar-refractivity contribution in [2.24, 2.45) is 4.99 Å². The summed E-state index contributed by atoms with van der Waals surface area (Å²) in [5.74, 6) is 0.259. The summed E-state index contributed by atoms with van der Waals surface area (Å²) in [7, 11) is 1.61. The molecule has 2 aromatic rings. The molecule has 1 aliphatic rings. The zero-order valence-corrected chi connectivity index (χ0v) is 18.8. The molecule has 0 amide bonds. The summed E-state index contributed by atoms with van der Waals surface area (Å²) in [4.78, 5) is 6.38. The highest BCUT2D eigenvalue weighted by Crippen LogP contribution is 2.26. The Bertz CT molecular complexity index is 861. The SMILES string of the molecule is CN=C(NCc1ccc(N2CC=CC2)cc1)NCc1ccccc1OC(F)(F)F.I. The molecule has 1 heterocycles. The maximum absolute atomic E-state index is 12.5. The fraction of sp³-hybridized carbons (Fsp3) is 0.286. The fourth-order valence-corrected chi connectivity index (χ4v) is 2.97. The minimum atomic E-state index is -4.73. The second-order valence-electron chi connectivity index (χ2n) is 6.48. The maximum Gasteiger partial charge on any atom is 0.573 e. The standard InChI is InChI=1S/C21H23F3N4O.HI/c1-25-20(27-15-17-6-2-3-7-19(17)29-21(22,23)24)26-14-16-8-10-18(11-9-16)28-12-4-5-13-28;/h2-11H,12-15H2,1H3,(H2,25,26,27);1H. The Kier molecular flexibility index (Phi) is 8.82. The Labute approximate surface area is 191 Å². The predicted octanol–water partition coefficient (Wildman–Crippen LogP) is 4.44. The number of alkyl halides is 3. The highest BCUT2D eigenvalue weighted by Gasteiger charge is 2.31. The van der Waals surface area contributed by atoms with Crippen LogP contribution in [0.4, 0.5) is 18.9 Å². The lowest BCUT2D eigenvalue weighted by molar-refractivity contribution is -0.274. The number of guanidine groups is 1. The molecule has 0 radical (unpaired) electrons. The minimum absolute atomic E-state index is 0. The van der Waals surface area contributed by atoms with Crippen LogP contribution in [0.25, 0.3) is 0 Å².